The van der Waals surface area contributed by atoms with Gasteiger partial charge in [0.2, 0.25) is 5.91 Å². The predicted octanol–water partition coefficient (Wildman–Crippen LogP) is -1.84. The second-order valence-corrected chi connectivity index (χ2v) is 5.60. The van der Waals surface area contributed by atoms with Crippen LogP contribution >= 0.6 is 0 Å². The lowest BCUT2D eigenvalue weighted by Crippen LogP contribution is -2.56. The molecule has 0 aromatic rings. The van der Waals surface area contributed by atoms with E-state index in [1.54, 1.807) is 9.80 Å². The zero-order chi connectivity index (χ0) is 14.1. The summed E-state index contributed by atoms with van der Waals surface area (Å²) in [4.78, 5) is 39.6. The highest BCUT2D eigenvalue weighted by atomic mass is 16.2. The van der Waals surface area contributed by atoms with Crippen LogP contribution in [0.5, 0.6) is 0 Å². The van der Waals surface area contributed by atoms with Crippen LogP contribution in [0.25, 0.3) is 0 Å². The Hall–Kier alpha value is -1.63. The molecular formula is C13H20N4O3. The SMILES string of the molecule is O=C1NCC2C1CCCN2C(=O)C(=O)N1CCNCC1. The fraction of sp³-hybridized carbons (Fsp3) is 0.769. The number of piperazine rings is 1. The Balaban J connectivity index is 1.69. The molecule has 3 amide bonds. The summed E-state index contributed by atoms with van der Waals surface area (Å²) in [5.41, 5.74) is 0. The highest BCUT2D eigenvalue weighted by Crippen LogP contribution is 2.27. The summed E-state index contributed by atoms with van der Waals surface area (Å²) in [6, 6.07) is -0.143. The molecule has 3 aliphatic heterocycles. The van der Waals surface area contributed by atoms with Crippen molar-refractivity contribution in [2.75, 3.05) is 39.3 Å². The maximum absolute atomic E-state index is 12.4. The third kappa shape index (κ3) is 2.26. The minimum atomic E-state index is -0.446. The molecule has 3 rings (SSSR count). The molecular weight excluding hydrogens is 260 g/mol. The van der Waals surface area contributed by atoms with Crippen LogP contribution in [0.1, 0.15) is 12.8 Å². The van der Waals surface area contributed by atoms with E-state index in [1.165, 1.54) is 0 Å². The third-order valence-electron chi connectivity index (χ3n) is 4.45. The van der Waals surface area contributed by atoms with Crippen LogP contribution in [0.3, 0.4) is 0 Å². The Morgan fingerprint density at radius 3 is 2.60 bits per heavy atom. The molecule has 3 aliphatic rings. The minimum absolute atomic E-state index is 0.0159. The summed E-state index contributed by atoms with van der Waals surface area (Å²) >= 11 is 0. The number of likely N-dealkylation sites (tertiary alicyclic amines) is 1. The predicted molar refractivity (Wildman–Crippen MR) is 70.7 cm³/mol. The standard InChI is InChI=1S/C13H20N4O3/c18-11-9-2-1-5-17(10(9)8-15-11)13(20)12(19)16-6-3-14-4-7-16/h9-10,14H,1-8H2,(H,15,18). The Labute approximate surface area is 117 Å². The van der Waals surface area contributed by atoms with Gasteiger partial charge in [-0.3, -0.25) is 14.4 Å². The lowest BCUT2D eigenvalue weighted by Gasteiger charge is -2.37. The maximum Gasteiger partial charge on any atom is 0.312 e. The quantitative estimate of drug-likeness (QED) is 0.511. The van der Waals surface area contributed by atoms with Crippen LogP contribution in [-0.4, -0.2) is 72.8 Å². The first-order valence-corrected chi connectivity index (χ1v) is 7.27. The first-order valence-electron chi connectivity index (χ1n) is 7.27. The van der Waals surface area contributed by atoms with E-state index in [0.29, 0.717) is 26.2 Å². The highest BCUT2D eigenvalue weighted by Gasteiger charge is 2.44. The smallest absolute Gasteiger partial charge is 0.312 e. The lowest BCUT2D eigenvalue weighted by molar-refractivity contribution is -0.155. The number of hydrogen-bond acceptors (Lipinski definition) is 4. The van der Waals surface area contributed by atoms with E-state index >= 15 is 0 Å². The minimum Gasteiger partial charge on any atom is -0.354 e. The number of amides is 3. The largest absolute Gasteiger partial charge is 0.354 e. The number of hydrogen-bond donors (Lipinski definition) is 2. The molecule has 20 heavy (non-hydrogen) atoms. The van der Waals surface area contributed by atoms with Crippen LogP contribution in [0.2, 0.25) is 0 Å². The number of nitrogens with zero attached hydrogens (tertiary/aromatic N) is 2. The Morgan fingerprint density at radius 1 is 1.10 bits per heavy atom. The van der Waals surface area contributed by atoms with Gasteiger partial charge in [-0.25, -0.2) is 0 Å². The molecule has 0 aromatic carbocycles. The summed E-state index contributed by atoms with van der Waals surface area (Å²) in [5, 5.41) is 5.95. The zero-order valence-electron chi connectivity index (χ0n) is 11.4. The van der Waals surface area contributed by atoms with Gasteiger partial charge in [0.15, 0.2) is 0 Å². The Morgan fingerprint density at radius 2 is 1.85 bits per heavy atom. The van der Waals surface area contributed by atoms with Crippen molar-refractivity contribution in [2.45, 2.75) is 18.9 Å². The molecule has 0 aliphatic carbocycles. The molecule has 0 aromatic heterocycles. The Kier molecular flexibility index (Phi) is 3.60. The average molecular weight is 280 g/mol. The summed E-state index contributed by atoms with van der Waals surface area (Å²) in [6.07, 6.45) is 1.59. The van der Waals surface area contributed by atoms with Gasteiger partial charge in [0, 0.05) is 39.3 Å². The zero-order valence-corrected chi connectivity index (χ0v) is 11.4. The van der Waals surface area contributed by atoms with Gasteiger partial charge >= 0.3 is 11.8 Å². The summed E-state index contributed by atoms with van der Waals surface area (Å²) in [6.45, 7) is 3.65. The lowest BCUT2D eigenvalue weighted by atomic mass is 9.91. The fourth-order valence-corrected chi connectivity index (χ4v) is 3.33. The van der Waals surface area contributed by atoms with E-state index in [-0.39, 0.29) is 17.9 Å². The summed E-state index contributed by atoms with van der Waals surface area (Å²) < 4.78 is 0. The van der Waals surface area contributed by atoms with Crippen LogP contribution < -0.4 is 10.6 Å². The number of nitrogens with one attached hydrogen (secondary N) is 2. The van der Waals surface area contributed by atoms with Crippen LogP contribution in [0.4, 0.5) is 0 Å². The van der Waals surface area contributed by atoms with Crippen molar-refractivity contribution >= 4 is 17.7 Å². The van der Waals surface area contributed by atoms with Gasteiger partial charge in [-0.2, -0.15) is 0 Å². The maximum atomic E-state index is 12.4. The van der Waals surface area contributed by atoms with Gasteiger partial charge in [0.1, 0.15) is 0 Å². The number of fused-ring (bicyclic) bond motifs is 1. The second kappa shape index (κ2) is 5.40. The summed E-state index contributed by atoms with van der Waals surface area (Å²) in [5.74, 6) is -0.991. The number of carbonyl (C=O) groups excluding carboxylic acids is 3. The molecule has 0 spiro atoms. The monoisotopic (exact) mass is 280 g/mol. The molecule has 0 bridgehead atoms. The number of piperidine rings is 1. The highest BCUT2D eigenvalue weighted by molar-refractivity contribution is 6.35. The number of carbonyl (C=O) groups is 3. The number of rotatable bonds is 0. The van der Waals surface area contributed by atoms with Crippen molar-refractivity contribution in [1.29, 1.82) is 0 Å². The van der Waals surface area contributed by atoms with E-state index in [9.17, 15) is 14.4 Å². The van der Waals surface area contributed by atoms with E-state index in [4.69, 9.17) is 0 Å². The molecule has 0 saturated carbocycles. The normalized spacial score (nSPS) is 29.9. The second-order valence-electron chi connectivity index (χ2n) is 5.60. The van der Waals surface area contributed by atoms with Crippen molar-refractivity contribution in [3.05, 3.63) is 0 Å². The topological polar surface area (TPSA) is 81.8 Å². The van der Waals surface area contributed by atoms with Crippen molar-refractivity contribution in [3.63, 3.8) is 0 Å². The van der Waals surface area contributed by atoms with Gasteiger partial charge in [0.25, 0.3) is 0 Å². The first-order chi connectivity index (χ1) is 9.68. The van der Waals surface area contributed by atoms with Gasteiger partial charge < -0.3 is 20.4 Å². The van der Waals surface area contributed by atoms with Gasteiger partial charge in [-0.05, 0) is 12.8 Å². The molecule has 3 fully saturated rings. The van der Waals surface area contributed by atoms with E-state index < -0.39 is 11.8 Å². The van der Waals surface area contributed by atoms with E-state index in [1.807, 2.05) is 0 Å². The molecule has 2 atom stereocenters. The third-order valence-corrected chi connectivity index (χ3v) is 4.45. The molecule has 110 valence electrons. The first kappa shape index (κ1) is 13.4. The van der Waals surface area contributed by atoms with Gasteiger partial charge in [-0.1, -0.05) is 0 Å². The summed E-state index contributed by atoms with van der Waals surface area (Å²) in [7, 11) is 0. The molecule has 7 nitrogen and oxygen atoms in total. The molecule has 2 N–H and O–H groups in total. The van der Waals surface area contributed by atoms with Crippen LogP contribution in [-0.2, 0) is 14.4 Å². The average Bonchev–Trinajstić information content (AvgIpc) is 2.88. The van der Waals surface area contributed by atoms with Crippen molar-refractivity contribution in [3.8, 4) is 0 Å². The Bertz CT molecular complexity index is 433. The molecule has 3 saturated heterocycles. The van der Waals surface area contributed by atoms with E-state index in [0.717, 1.165) is 25.9 Å². The van der Waals surface area contributed by atoms with Crippen molar-refractivity contribution in [2.24, 2.45) is 5.92 Å². The van der Waals surface area contributed by atoms with E-state index in [2.05, 4.69) is 10.6 Å². The van der Waals surface area contributed by atoms with Gasteiger partial charge in [-0.15, -0.1) is 0 Å². The molecule has 7 heteroatoms. The fourth-order valence-electron chi connectivity index (χ4n) is 3.33. The van der Waals surface area contributed by atoms with Crippen LogP contribution in [0, 0.1) is 5.92 Å². The van der Waals surface area contributed by atoms with Crippen molar-refractivity contribution in [1.82, 2.24) is 20.4 Å². The van der Waals surface area contributed by atoms with Crippen molar-refractivity contribution < 1.29 is 14.4 Å². The van der Waals surface area contributed by atoms with Gasteiger partial charge in [0.05, 0.1) is 12.0 Å². The molecule has 2 unspecified atom stereocenters. The molecule has 3 heterocycles. The molecule has 0 radical (unpaired) electrons. The van der Waals surface area contributed by atoms with Crippen LogP contribution in [0.15, 0.2) is 0 Å².